The van der Waals surface area contributed by atoms with E-state index in [1.807, 2.05) is 59.3 Å². The molecule has 0 aliphatic heterocycles. The third kappa shape index (κ3) is 3.38. The van der Waals surface area contributed by atoms with Crippen LogP contribution in [-0.4, -0.2) is 9.97 Å². The summed E-state index contributed by atoms with van der Waals surface area (Å²) in [5.74, 6) is 0. The molecule has 0 spiro atoms. The SMILES string of the molecule is Clc1ccc2o/c(=N\c3nccs3)c(-c3nc(-c4ccccc4)cs3)cc2c1. The molecule has 7 heteroatoms. The second-order valence-electron chi connectivity index (χ2n) is 5.98. The van der Waals surface area contributed by atoms with Crippen LogP contribution in [0.15, 0.2) is 81.0 Å². The maximum Gasteiger partial charge on any atom is 0.232 e. The Hall–Kier alpha value is -2.80. The van der Waals surface area contributed by atoms with Gasteiger partial charge in [0.25, 0.3) is 0 Å². The van der Waals surface area contributed by atoms with E-state index in [9.17, 15) is 0 Å². The topological polar surface area (TPSA) is 51.3 Å². The van der Waals surface area contributed by atoms with Crippen molar-refractivity contribution < 1.29 is 4.42 Å². The molecule has 0 fully saturated rings. The van der Waals surface area contributed by atoms with Gasteiger partial charge in [-0.2, -0.15) is 4.99 Å². The Labute approximate surface area is 173 Å². The monoisotopic (exact) mass is 421 g/mol. The van der Waals surface area contributed by atoms with Crippen molar-refractivity contribution in [2.75, 3.05) is 0 Å². The first-order valence-electron chi connectivity index (χ1n) is 8.45. The molecule has 4 nitrogen and oxygen atoms in total. The van der Waals surface area contributed by atoms with Crippen molar-refractivity contribution in [3.05, 3.63) is 82.1 Å². The number of hydrogen-bond donors (Lipinski definition) is 0. The lowest BCUT2D eigenvalue weighted by molar-refractivity contribution is 0.547. The third-order valence-electron chi connectivity index (χ3n) is 4.13. The zero-order valence-corrected chi connectivity index (χ0v) is 16.8. The fraction of sp³-hybridized carbons (Fsp3) is 0. The summed E-state index contributed by atoms with van der Waals surface area (Å²) in [7, 11) is 0. The Morgan fingerprint density at radius 2 is 1.89 bits per heavy atom. The molecule has 0 saturated heterocycles. The lowest BCUT2D eigenvalue weighted by Gasteiger charge is -2.03. The minimum Gasteiger partial charge on any atom is -0.438 e. The van der Waals surface area contributed by atoms with Gasteiger partial charge in [-0.3, -0.25) is 0 Å². The Kier molecular flexibility index (Phi) is 4.52. The van der Waals surface area contributed by atoms with Crippen LogP contribution in [0.4, 0.5) is 5.13 Å². The number of nitrogens with zero attached hydrogens (tertiary/aromatic N) is 3. The van der Waals surface area contributed by atoms with Crippen molar-refractivity contribution in [1.82, 2.24) is 9.97 Å². The molecule has 136 valence electrons. The molecule has 28 heavy (non-hydrogen) atoms. The average Bonchev–Trinajstić information content (AvgIpc) is 3.40. The van der Waals surface area contributed by atoms with E-state index in [4.69, 9.17) is 21.0 Å². The molecule has 5 rings (SSSR count). The van der Waals surface area contributed by atoms with Crippen LogP contribution < -0.4 is 5.55 Å². The van der Waals surface area contributed by atoms with E-state index in [1.54, 1.807) is 23.6 Å². The van der Waals surface area contributed by atoms with Gasteiger partial charge in [0.05, 0.1) is 11.3 Å². The quantitative estimate of drug-likeness (QED) is 0.331. The van der Waals surface area contributed by atoms with Crippen molar-refractivity contribution in [3.8, 4) is 21.8 Å². The van der Waals surface area contributed by atoms with Crippen LogP contribution in [0.5, 0.6) is 0 Å². The Morgan fingerprint density at radius 3 is 2.71 bits per heavy atom. The molecule has 0 amide bonds. The molecule has 0 atom stereocenters. The first kappa shape index (κ1) is 17.3. The first-order valence-corrected chi connectivity index (χ1v) is 10.6. The molecular weight excluding hydrogens is 410 g/mol. The number of aromatic nitrogens is 2. The molecule has 0 aliphatic rings. The molecule has 0 aliphatic carbocycles. The number of halogens is 1. The Balaban J connectivity index is 1.72. The number of hydrogen-bond acceptors (Lipinski definition) is 6. The Bertz CT molecular complexity index is 1330. The van der Waals surface area contributed by atoms with Crippen LogP contribution in [0, 0.1) is 0 Å². The molecular formula is C21H12ClN3OS2. The van der Waals surface area contributed by atoms with Gasteiger partial charge in [-0.25, -0.2) is 9.97 Å². The minimum absolute atomic E-state index is 0.485. The summed E-state index contributed by atoms with van der Waals surface area (Å²) in [5.41, 5.74) is 4.01. The van der Waals surface area contributed by atoms with Gasteiger partial charge < -0.3 is 4.42 Å². The fourth-order valence-electron chi connectivity index (χ4n) is 2.83. The maximum absolute atomic E-state index is 6.17. The molecule has 0 unspecified atom stereocenters. The summed E-state index contributed by atoms with van der Waals surface area (Å²) < 4.78 is 6.10. The van der Waals surface area contributed by atoms with Gasteiger partial charge in [-0.1, -0.05) is 41.9 Å². The van der Waals surface area contributed by atoms with Crippen molar-refractivity contribution in [3.63, 3.8) is 0 Å². The lowest BCUT2D eigenvalue weighted by Crippen LogP contribution is -2.05. The van der Waals surface area contributed by atoms with Gasteiger partial charge in [0, 0.05) is 32.9 Å². The van der Waals surface area contributed by atoms with E-state index in [2.05, 4.69) is 9.98 Å². The van der Waals surface area contributed by atoms with E-state index in [-0.39, 0.29) is 0 Å². The van der Waals surface area contributed by atoms with Crippen LogP contribution in [0.3, 0.4) is 0 Å². The minimum atomic E-state index is 0.485. The smallest absolute Gasteiger partial charge is 0.232 e. The standard InChI is InChI=1S/C21H12ClN3OS2/c22-15-6-7-18-14(10-15)11-16(19(26-18)25-21-23-8-9-27-21)20-24-17(12-28-20)13-4-2-1-3-5-13/h1-12H/b25-19-. The highest BCUT2D eigenvalue weighted by molar-refractivity contribution is 7.13. The van der Waals surface area contributed by atoms with Crippen molar-refractivity contribution in [1.29, 1.82) is 0 Å². The molecule has 2 aromatic carbocycles. The number of benzene rings is 2. The predicted molar refractivity (Wildman–Crippen MR) is 115 cm³/mol. The number of thiazole rings is 2. The van der Waals surface area contributed by atoms with E-state index < -0.39 is 0 Å². The highest BCUT2D eigenvalue weighted by atomic mass is 35.5. The summed E-state index contributed by atoms with van der Waals surface area (Å²) >= 11 is 9.18. The Morgan fingerprint density at radius 1 is 1.00 bits per heavy atom. The molecule has 3 aromatic heterocycles. The summed E-state index contributed by atoms with van der Waals surface area (Å²) in [6, 6.07) is 17.6. The highest BCUT2D eigenvalue weighted by Crippen LogP contribution is 2.30. The summed E-state index contributed by atoms with van der Waals surface area (Å²) in [6.07, 6.45) is 1.72. The first-order chi connectivity index (χ1) is 13.8. The van der Waals surface area contributed by atoms with Gasteiger partial charge in [-0.05, 0) is 24.3 Å². The third-order valence-corrected chi connectivity index (χ3v) is 5.91. The summed E-state index contributed by atoms with van der Waals surface area (Å²) in [5, 5.41) is 6.95. The van der Waals surface area contributed by atoms with E-state index in [0.29, 0.717) is 21.3 Å². The fourth-order valence-corrected chi connectivity index (χ4v) is 4.35. The van der Waals surface area contributed by atoms with Crippen LogP contribution in [0.1, 0.15) is 0 Å². The van der Waals surface area contributed by atoms with Crippen LogP contribution in [0.2, 0.25) is 5.02 Å². The van der Waals surface area contributed by atoms with Gasteiger partial charge in [0.1, 0.15) is 10.6 Å². The van der Waals surface area contributed by atoms with Gasteiger partial charge in [0.2, 0.25) is 10.7 Å². The zero-order valence-electron chi connectivity index (χ0n) is 14.4. The van der Waals surface area contributed by atoms with E-state index in [1.165, 1.54) is 11.3 Å². The lowest BCUT2D eigenvalue weighted by atomic mass is 10.1. The van der Waals surface area contributed by atoms with E-state index in [0.717, 1.165) is 27.2 Å². The summed E-state index contributed by atoms with van der Waals surface area (Å²) in [4.78, 5) is 13.7. The largest absolute Gasteiger partial charge is 0.438 e. The predicted octanol–water partition coefficient (Wildman–Crippen LogP) is 6.57. The molecule has 0 radical (unpaired) electrons. The van der Waals surface area contributed by atoms with Crippen molar-refractivity contribution in [2.45, 2.75) is 0 Å². The maximum atomic E-state index is 6.17. The molecule has 0 N–H and O–H groups in total. The van der Waals surface area contributed by atoms with Crippen LogP contribution in [0.25, 0.3) is 32.8 Å². The molecule has 3 heterocycles. The number of fused-ring (bicyclic) bond motifs is 1. The van der Waals surface area contributed by atoms with Gasteiger partial charge in [-0.15, -0.1) is 22.7 Å². The van der Waals surface area contributed by atoms with E-state index >= 15 is 0 Å². The van der Waals surface area contributed by atoms with Crippen LogP contribution in [-0.2, 0) is 0 Å². The van der Waals surface area contributed by atoms with Gasteiger partial charge in [0.15, 0.2) is 0 Å². The number of rotatable bonds is 3. The molecule has 5 aromatic rings. The van der Waals surface area contributed by atoms with Crippen molar-refractivity contribution >= 4 is 50.4 Å². The van der Waals surface area contributed by atoms with Crippen molar-refractivity contribution in [2.24, 2.45) is 4.99 Å². The second-order valence-corrected chi connectivity index (χ2v) is 8.15. The van der Waals surface area contributed by atoms with Crippen LogP contribution >= 0.6 is 34.3 Å². The zero-order chi connectivity index (χ0) is 18.9. The molecule has 0 saturated carbocycles. The molecule has 0 bridgehead atoms. The highest BCUT2D eigenvalue weighted by Gasteiger charge is 2.13. The second kappa shape index (κ2) is 7.31. The van der Waals surface area contributed by atoms with Gasteiger partial charge >= 0.3 is 0 Å². The average molecular weight is 422 g/mol. The normalized spacial score (nSPS) is 12.0. The summed E-state index contributed by atoms with van der Waals surface area (Å²) in [6.45, 7) is 0.